The van der Waals surface area contributed by atoms with Gasteiger partial charge in [0.1, 0.15) is 6.33 Å². The van der Waals surface area contributed by atoms with Crippen LogP contribution in [-0.4, -0.2) is 29.2 Å². The summed E-state index contributed by atoms with van der Waals surface area (Å²) in [4.78, 5) is 7.35. The first-order valence-electron chi connectivity index (χ1n) is 2.62. The van der Waals surface area contributed by atoms with E-state index in [1.165, 1.54) is 6.33 Å². The zero-order valence-electron chi connectivity index (χ0n) is 5.88. The van der Waals surface area contributed by atoms with Crippen LogP contribution in [0.4, 0.5) is 0 Å². The summed E-state index contributed by atoms with van der Waals surface area (Å²) < 4.78 is 25.9. The first-order chi connectivity index (χ1) is 5.00. The number of hydrogen-bond acceptors (Lipinski definition) is 4. The van der Waals surface area contributed by atoms with E-state index in [4.69, 9.17) is 4.55 Å². The Bertz CT molecular complexity index is 236. The average molecular weight is 176 g/mol. The first-order valence-corrected chi connectivity index (χ1v) is 4.47. The van der Waals surface area contributed by atoms with E-state index in [1.807, 2.05) is 0 Å². The summed E-state index contributed by atoms with van der Waals surface area (Å²) in [6.07, 6.45) is 5.59. The Kier molecular flexibility index (Phi) is 4.32. The molecule has 6 heteroatoms. The molecule has 0 aliphatic carbocycles. The number of aromatic nitrogens is 2. The molecule has 0 aliphatic heterocycles. The first kappa shape index (κ1) is 9.99. The molecule has 1 N–H and O–H groups in total. The van der Waals surface area contributed by atoms with Gasteiger partial charge in [0.05, 0.1) is 6.26 Å². The van der Waals surface area contributed by atoms with E-state index in [0.717, 1.165) is 0 Å². The Morgan fingerprint density at radius 3 is 1.73 bits per heavy atom. The summed E-state index contributed by atoms with van der Waals surface area (Å²) in [5.74, 6) is 0. The van der Waals surface area contributed by atoms with Crippen LogP contribution in [0.1, 0.15) is 0 Å². The van der Waals surface area contributed by atoms with E-state index < -0.39 is 10.1 Å². The molecule has 1 aromatic rings. The van der Waals surface area contributed by atoms with Crippen LogP contribution in [0.25, 0.3) is 0 Å². The standard InChI is InChI=1S/C4H4N2.CH4O3S/c1-2-5-4-6-3-1;1-5(2,3)4/h1-4H;1H3,(H,2,3,4). The molecule has 0 amide bonds. The molecule has 1 aromatic heterocycles. The third kappa shape index (κ3) is 17.6. The highest BCUT2D eigenvalue weighted by Gasteiger charge is 1.81. The maximum absolute atomic E-state index is 9.19. The number of hydrogen-bond donors (Lipinski definition) is 1. The fourth-order valence-corrected chi connectivity index (χ4v) is 0.253. The Labute approximate surface area is 64.9 Å². The van der Waals surface area contributed by atoms with E-state index in [1.54, 1.807) is 18.5 Å². The van der Waals surface area contributed by atoms with Gasteiger partial charge in [0.25, 0.3) is 10.1 Å². The van der Waals surface area contributed by atoms with Gasteiger partial charge in [-0.25, -0.2) is 9.97 Å². The molecule has 62 valence electrons. The molecule has 1 heterocycles. The second kappa shape index (κ2) is 4.75. The lowest BCUT2D eigenvalue weighted by molar-refractivity contribution is 0.490. The molecule has 0 saturated carbocycles. The SMILES string of the molecule is CS(=O)(=O)O.c1cncnc1. The largest absolute Gasteiger partial charge is 0.286 e. The van der Waals surface area contributed by atoms with E-state index in [-0.39, 0.29) is 0 Å². The average Bonchev–Trinajstić information content (AvgIpc) is 1.88. The van der Waals surface area contributed by atoms with Crippen LogP contribution in [0.2, 0.25) is 0 Å². The van der Waals surface area contributed by atoms with E-state index in [9.17, 15) is 8.42 Å². The van der Waals surface area contributed by atoms with Crippen LogP contribution in [-0.2, 0) is 10.1 Å². The molecule has 0 radical (unpaired) electrons. The molecule has 0 saturated heterocycles. The van der Waals surface area contributed by atoms with Gasteiger partial charge in [0, 0.05) is 12.4 Å². The van der Waals surface area contributed by atoms with Crippen LogP contribution in [0.3, 0.4) is 0 Å². The summed E-state index contributed by atoms with van der Waals surface area (Å²) in [6.45, 7) is 0. The van der Waals surface area contributed by atoms with E-state index in [2.05, 4.69) is 9.97 Å². The van der Waals surface area contributed by atoms with Crippen molar-refractivity contribution >= 4 is 10.1 Å². The molecule has 0 unspecified atom stereocenters. The van der Waals surface area contributed by atoms with Crippen molar-refractivity contribution in [3.8, 4) is 0 Å². The molecule has 5 nitrogen and oxygen atoms in total. The van der Waals surface area contributed by atoms with Gasteiger partial charge in [-0.05, 0) is 6.07 Å². The molecule has 1 rings (SSSR count). The monoisotopic (exact) mass is 176 g/mol. The lowest BCUT2D eigenvalue weighted by Crippen LogP contribution is -1.88. The number of nitrogens with zero attached hydrogens (tertiary/aromatic N) is 2. The predicted molar refractivity (Wildman–Crippen MR) is 39.5 cm³/mol. The Hall–Kier alpha value is -1.01. The summed E-state index contributed by atoms with van der Waals surface area (Å²) in [5, 5.41) is 0. The summed E-state index contributed by atoms with van der Waals surface area (Å²) in [6, 6.07) is 1.78. The molecule has 0 fully saturated rings. The van der Waals surface area contributed by atoms with Crippen molar-refractivity contribution < 1.29 is 13.0 Å². The van der Waals surface area contributed by atoms with Gasteiger partial charge in [0.15, 0.2) is 0 Å². The smallest absolute Gasteiger partial charge is 0.261 e. The minimum atomic E-state index is -3.67. The van der Waals surface area contributed by atoms with Crippen molar-refractivity contribution in [1.29, 1.82) is 0 Å². The van der Waals surface area contributed by atoms with Crippen molar-refractivity contribution in [2.45, 2.75) is 0 Å². The highest BCUT2D eigenvalue weighted by Crippen LogP contribution is 1.66. The minimum Gasteiger partial charge on any atom is -0.286 e. The third-order valence-electron chi connectivity index (χ3n) is 0.478. The molecule has 0 bridgehead atoms. The van der Waals surface area contributed by atoms with Crippen LogP contribution >= 0.6 is 0 Å². The van der Waals surface area contributed by atoms with Gasteiger partial charge in [-0.3, -0.25) is 4.55 Å². The van der Waals surface area contributed by atoms with Crippen molar-refractivity contribution in [2.75, 3.05) is 6.26 Å². The second-order valence-corrected chi connectivity index (χ2v) is 3.10. The van der Waals surface area contributed by atoms with Crippen molar-refractivity contribution in [3.05, 3.63) is 24.8 Å². The number of rotatable bonds is 0. The van der Waals surface area contributed by atoms with Crippen molar-refractivity contribution in [1.82, 2.24) is 9.97 Å². The molecule has 0 spiro atoms. The predicted octanol–water partition coefficient (Wildman–Crippen LogP) is -0.0194. The van der Waals surface area contributed by atoms with Gasteiger partial charge in [0.2, 0.25) is 0 Å². The summed E-state index contributed by atoms with van der Waals surface area (Å²) in [5.41, 5.74) is 0. The Balaban J connectivity index is 0.000000187. The summed E-state index contributed by atoms with van der Waals surface area (Å²) in [7, 11) is -3.67. The zero-order valence-corrected chi connectivity index (χ0v) is 6.69. The zero-order chi connectivity index (χ0) is 8.74. The highest BCUT2D eigenvalue weighted by molar-refractivity contribution is 7.85. The van der Waals surface area contributed by atoms with E-state index in [0.29, 0.717) is 6.26 Å². The fraction of sp³-hybridized carbons (Fsp3) is 0.200. The Morgan fingerprint density at radius 2 is 1.64 bits per heavy atom. The Morgan fingerprint density at radius 1 is 1.27 bits per heavy atom. The lowest BCUT2D eigenvalue weighted by atomic mass is 10.7. The van der Waals surface area contributed by atoms with Crippen molar-refractivity contribution in [3.63, 3.8) is 0 Å². The molecule has 0 aliphatic rings. The maximum atomic E-state index is 9.19. The van der Waals surface area contributed by atoms with Crippen LogP contribution in [0, 0.1) is 0 Å². The maximum Gasteiger partial charge on any atom is 0.261 e. The van der Waals surface area contributed by atoms with E-state index >= 15 is 0 Å². The van der Waals surface area contributed by atoms with Gasteiger partial charge in [-0.1, -0.05) is 0 Å². The quantitative estimate of drug-likeness (QED) is 0.562. The van der Waals surface area contributed by atoms with Gasteiger partial charge >= 0.3 is 0 Å². The fourth-order valence-electron chi connectivity index (χ4n) is 0.253. The molecule has 11 heavy (non-hydrogen) atoms. The van der Waals surface area contributed by atoms with Crippen LogP contribution < -0.4 is 0 Å². The third-order valence-corrected chi connectivity index (χ3v) is 0.478. The molecular weight excluding hydrogens is 168 g/mol. The molecule has 0 atom stereocenters. The van der Waals surface area contributed by atoms with Crippen LogP contribution in [0.15, 0.2) is 24.8 Å². The van der Waals surface area contributed by atoms with Gasteiger partial charge in [-0.2, -0.15) is 8.42 Å². The van der Waals surface area contributed by atoms with Gasteiger partial charge < -0.3 is 0 Å². The highest BCUT2D eigenvalue weighted by atomic mass is 32.2. The topological polar surface area (TPSA) is 80.2 Å². The van der Waals surface area contributed by atoms with Crippen molar-refractivity contribution in [2.24, 2.45) is 0 Å². The normalized spacial score (nSPS) is 9.64. The molecule has 0 aromatic carbocycles. The van der Waals surface area contributed by atoms with Gasteiger partial charge in [-0.15, -0.1) is 0 Å². The minimum absolute atomic E-state index is 0.715. The molecular formula is C5H8N2O3S. The lowest BCUT2D eigenvalue weighted by Gasteiger charge is -1.70. The second-order valence-electron chi connectivity index (χ2n) is 1.64. The summed E-state index contributed by atoms with van der Waals surface area (Å²) >= 11 is 0. The van der Waals surface area contributed by atoms with Crippen LogP contribution in [0.5, 0.6) is 0 Å².